The fourth-order valence-electron chi connectivity index (χ4n) is 5.10. The maximum atomic E-state index is 12.0. The molecule has 0 bridgehead atoms. The fourth-order valence-corrected chi connectivity index (χ4v) is 5.10. The van der Waals surface area contributed by atoms with E-state index in [1.165, 1.54) is 0 Å². The third-order valence-corrected chi connectivity index (χ3v) is 8.18. The van der Waals surface area contributed by atoms with Crippen LogP contribution < -0.4 is 0 Å². The van der Waals surface area contributed by atoms with Crippen molar-refractivity contribution in [1.29, 1.82) is 0 Å². The number of carbonyl (C=O) groups is 1. The molecule has 1 aliphatic rings. The summed E-state index contributed by atoms with van der Waals surface area (Å²) in [5, 5.41) is 51.5. The minimum absolute atomic E-state index is 0.00165. The summed E-state index contributed by atoms with van der Waals surface area (Å²) in [5.41, 5.74) is 0. The highest BCUT2D eigenvalue weighted by Gasteiger charge is 2.23. The van der Waals surface area contributed by atoms with Crippen LogP contribution >= 0.6 is 0 Å². The number of allylic oxidation sites excluding steroid dienone is 12. The molecule has 1 rings (SSSR count). The molecule has 5 N–H and O–H groups in total. The minimum atomic E-state index is -1.71. The lowest BCUT2D eigenvalue weighted by atomic mass is 9.93. The van der Waals surface area contributed by atoms with Crippen molar-refractivity contribution in [2.24, 2.45) is 5.92 Å². The van der Waals surface area contributed by atoms with E-state index in [4.69, 9.17) is 9.47 Å². The highest BCUT2D eigenvalue weighted by Crippen LogP contribution is 2.24. The van der Waals surface area contributed by atoms with Gasteiger partial charge in [-0.25, -0.2) is 0 Å². The van der Waals surface area contributed by atoms with Crippen LogP contribution in [0.1, 0.15) is 103 Å². The van der Waals surface area contributed by atoms with Crippen LogP contribution in [0.4, 0.5) is 0 Å². The third-order valence-electron chi connectivity index (χ3n) is 8.18. The van der Waals surface area contributed by atoms with Gasteiger partial charge in [0, 0.05) is 26.4 Å². The molecule has 1 aliphatic heterocycles. The van der Waals surface area contributed by atoms with Gasteiger partial charge in [0.2, 0.25) is 0 Å². The van der Waals surface area contributed by atoms with E-state index < -0.39 is 30.1 Å². The number of esters is 1. The maximum absolute atomic E-state index is 12.0. The average molecular weight is 659 g/mol. The summed E-state index contributed by atoms with van der Waals surface area (Å²) in [7, 11) is 1.70. The number of methoxy groups -OCH3 is 1. The van der Waals surface area contributed by atoms with E-state index >= 15 is 0 Å². The van der Waals surface area contributed by atoms with Gasteiger partial charge in [-0.2, -0.15) is 0 Å². The second kappa shape index (κ2) is 27.4. The van der Waals surface area contributed by atoms with Crippen molar-refractivity contribution >= 4 is 5.97 Å². The number of cyclic esters (lactones) is 1. The van der Waals surface area contributed by atoms with Crippen LogP contribution in [0.5, 0.6) is 0 Å². The molecule has 5 unspecified atom stereocenters. The number of carbonyl (C=O) groups excluding carboxylic acids is 1. The van der Waals surface area contributed by atoms with Gasteiger partial charge in [-0.15, -0.1) is 0 Å². The Hall–Kier alpha value is -2.59. The van der Waals surface area contributed by atoms with Gasteiger partial charge in [0.05, 0.1) is 37.4 Å². The van der Waals surface area contributed by atoms with Crippen LogP contribution in [0.2, 0.25) is 0 Å². The lowest BCUT2D eigenvalue weighted by Gasteiger charge is -2.24. The van der Waals surface area contributed by atoms with E-state index in [0.717, 1.165) is 19.3 Å². The van der Waals surface area contributed by atoms with Gasteiger partial charge in [-0.05, 0) is 57.3 Å². The molecule has 0 aromatic carbocycles. The Labute approximate surface area is 283 Å². The van der Waals surface area contributed by atoms with Crippen LogP contribution in [0, 0.1) is 5.92 Å². The Morgan fingerprint density at radius 1 is 0.660 bits per heavy atom. The molecule has 0 radical (unpaired) electrons. The number of rotatable bonds is 1. The molecule has 0 fully saturated rings. The normalized spacial score (nSPS) is 33.1. The zero-order valence-electron chi connectivity index (χ0n) is 28.7. The predicted octanol–water partition coefficient (Wildman–Crippen LogP) is 6.70. The first-order valence-corrected chi connectivity index (χ1v) is 17.4. The molecule has 0 spiro atoms. The van der Waals surface area contributed by atoms with Gasteiger partial charge in [0.25, 0.3) is 0 Å². The van der Waals surface area contributed by atoms with E-state index in [9.17, 15) is 30.3 Å². The van der Waals surface area contributed by atoms with Crippen LogP contribution in [-0.2, 0) is 14.3 Å². The molecule has 8 nitrogen and oxygen atoms in total. The lowest BCUT2D eigenvalue weighted by molar-refractivity contribution is -0.173. The van der Waals surface area contributed by atoms with Crippen molar-refractivity contribution in [3.63, 3.8) is 0 Å². The topological polar surface area (TPSA) is 137 Å². The summed E-state index contributed by atoms with van der Waals surface area (Å²) in [5.74, 6) is -1.86. The number of hydrogen-bond acceptors (Lipinski definition) is 8. The van der Waals surface area contributed by atoms with Gasteiger partial charge < -0.3 is 35.0 Å². The number of aliphatic hydroxyl groups excluding tert-OH is 3. The molecule has 1 heterocycles. The summed E-state index contributed by atoms with van der Waals surface area (Å²) >= 11 is 0. The molecule has 8 heteroatoms. The molecular formula is C39H62O8. The van der Waals surface area contributed by atoms with Gasteiger partial charge in [-0.1, -0.05) is 111 Å². The lowest BCUT2D eigenvalue weighted by Crippen LogP contribution is -2.28. The first-order valence-electron chi connectivity index (χ1n) is 17.4. The molecule has 266 valence electrons. The first-order chi connectivity index (χ1) is 22.6. The molecule has 5 atom stereocenters. The Kier molecular flexibility index (Phi) is 24.7. The van der Waals surface area contributed by atoms with E-state index in [1.54, 1.807) is 7.11 Å². The van der Waals surface area contributed by atoms with Crippen molar-refractivity contribution in [2.45, 2.75) is 133 Å². The van der Waals surface area contributed by atoms with Crippen molar-refractivity contribution in [2.75, 3.05) is 13.7 Å². The first kappa shape index (κ1) is 42.4. The van der Waals surface area contributed by atoms with Crippen LogP contribution in [0.25, 0.3) is 0 Å². The standard InChI is InChI=1S/C39H62O8/c1-33-25-26-37(46-2)24-15-13-11-9-7-5-3-4-6-8-10-12-14-20-35(41)28-31-47-38(43)32-36(42)23-17-16-21-34(40)22-18-19-29-39(44,45)30-27-33/h3-15,24,33-37,40-42,44-45H,16-23,25-32H2,1-2H3/b5-3+,6-4+,9-7+,10-8+,13-11+,14-12+,24-15+. The second-order valence-corrected chi connectivity index (χ2v) is 12.7. The molecule has 47 heavy (non-hydrogen) atoms. The molecule has 0 saturated carbocycles. The summed E-state index contributed by atoms with van der Waals surface area (Å²) in [6.07, 6.45) is 33.2. The molecule has 0 amide bonds. The monoisotopic (exact) mass is 658 g/mol. The molecule has 0 aliphatic carbocycles. The van der Waals surface area contributed by atoms with Gasteiger partial charge in [-0.3, -0.25) is 4.79 Å². The van der Waals surface area contributed by atoms with Gasteiger partial charge in [0.1, 0.15) is 0 Å². The van der Waals surface area contributed by atoms with Crippen molar-refractivity contribution in [1.82, 2.24) is 0 Å². The highest BCUT2D eigenvalue weighted by molar-refractivity contribution is 5.69. The van der Waals surface area contributed by atoms with Gasteiger partial charge >= 0.3 is 5.97 Å². The van der Waals surface area contributed by atoms with E-state index in [-0.39, 0.29) is 25.6 Å². The molecule has 0 aromatic rings. The SMILES string of the molecule is COC1/C=C/C=C/C=C/C=C/C=C/C=C/C=C/CC(O)CCOC(=O)CC(O)CCCCC(O)CCCCC(O)(O)CCC(C)CC1. The molecule has 0 saturated heterocycles. The third kappa shape index (κ3) is 26.1. The summed E-state index contributed by atoms with van der Waals surface area (Å²) in [4.78, 5) is 12.0. The van der Waals surface area contributed by atoms with Crippen LogP contribution in [-0.4, -0.2) is 75.4 Å². The van der Waals surface area contributed by atoms with Crippen molar-refractivity contribution < 1.29 is 39.8 Å². The van der Waals surface area contributed by atoms with E-state index in [2.05, 4.69) is 6.92 Å². The van der Waals surface area contributed by atoms with Crippen LogP contribution in [0.3, 0.4) is 0 Å². The smallest absolute Gasteiger partial charge is 0.308 e. The Morgan fingerprint density at radius 3 is 1.83 bits per heavy atom. The van der Waals surface area contributed by atoms with Crippen molar-refractivity contribution in [3.8, 4) is 0 Å². The Balaban J connectivity index is 2.64. The maximum Gasteiger partial charge on any atom is 0.308 e. The summed E-state index contributed by atoms with van der Waals surface area (Å²) < 4.78 is 10.8. The highest BCUT2D eigenvalue weighted by atomic mass is 16.5. The zero-order chi connectivity index (χ0) is 34.6. The molecule has 0 aromatic heterocycles. The number of ether oxygens (including phenoxy) is 2. The van der Waals surface area contributed by atoms with E-state index in [1.807, 2.05) is 85.1 Å². The number of aliphatic hydroxyl groups is 5. The van der Waals surface area contributed by atoms with Gasteiger partial charge in [0.15, 0.2) is 5.79 Å². The predicted molar refractivity (Wildman–Crippen MR) is 189 cm³/mol. The van der Waals surface area contributed by atoms with Crippen LogP contribution in [0.15, 0.2) is 85.1 Å². The fraction of sp³-hybridized carbons (Fsp3) is 0.615. The summed E-state index contributed by atoms with van der Waals surface area (Å²) in [6.45, 7) is 2.22. The second-order valence-electron chi connectivity index (χ2n) is 12.7. The zero-order valence-corrected chi connectivity index (χ0v) is 28.7. The Morgan fingerprint density at radius 2 is 1.21 bits per heavy atom. The minimum Gasteiger partial charge on any atom is -0.465 e. The Bertz CT molecular complexity index is 1010. The molecular weight excluding hydrogens is 596 g/mol. The average Bonchev–Trinajstić information content (AvgIpc) is 3.03. The largest absolute Gasteiger partial charge is 0.465 e. The summed E-state index contributed by atoms with van der Waals surface area (Å²) in [6, 6.07) is 0. The number of hydrogen-bond donors (Lipinski definition) is 5. The quantitative estimate of drug-likeness (QED) is 0.155. The van der Waals surface area contributed by atoms with Crippen molar-refractivity contribution in [3.05, 3.63) is 85.1 Å². The van der Waals surface area contributed by atoms with E-state index in [0.29, 0.717) is 70.1 Å².